The second kappa shape index (κ2) is 5.05. The maximum Gasteiger partial charge on any atom is 0.125 e. The molecule has 2 aromatic rings. The molecule has 0 aliphatic rings. The summed E-state index contributed by atoms with van der Waals surface area (Å²) in [7, 11) is 1.96. The summed E-state index contributed by atoms with van der Waals surface area (Å²) < 4.78 is 1.90. The Bertz CT molecular complexity index is 503. The van der Waals surface area contributed by atoms with Gasteiger partial charge in [0.05, 0.1) is 17.1 Å². The lowest BCUT2D eigenvalue weighted by Gasteiger charge is -2.05. The fraction of sp³-hybridized carbons (Fsp3) is 0.417. The number of nitrogens with one attached hydrogen (secondary N) is 1. The molecular weight excluding hydrogens is 214 g/mol. The monoisotopic (exact) mass is 231 g/mol. The molecule has 0 radical (unpaired) electrons. The lowest BCUT2D eigenvalue weighted by molar-refractivity contribution is 0.617. The van der Waals surface area contributed by atoms with Crippen LogP contribution in [0.4, 0.5) is 0 Å². The minimum Gasteiger partial charge on any atom is -0.306 e. The van der Waals surface area contributed by atoms with Crippen LogP contribution in [-0.4, -0.2) is 19.7 Å². The van der Waals surface area contributed by atoms with E-state index in [-0.39, 0.29) is 0 Å². The Morgan fingerprint density at radius 1 is 1.29 bits per heavy atom. The molecule has 0 amide bonds. The molecule has 1 N–H and O–H groups in total. The van der Waals surface area contributed by atoms with Crippen molar-refractivity contribution >= 4 is 0 Å². The van der Waals surface area contributed by atoms with E-state index < -0.39 is 0 Å². The molecule has 5 heteroatoms. The van der Waals surface area contributed by atoms with Crippen molar-refractivity contribution in [2.75, 3.05) is 0 Å². The van der Waals surface area contributed by atoms with Crippen molar-refractivity contribution in [2.45, 2.75) is 26.9 Å². The Kier molecular flexibility index (Phi) is 3.49. The predicted octanol–water partition coefficient (Wildman–Crippen LogP) is 1.12. The van der Waals surface area contributed by atoms with Gasteiger partial charge in [0.15, 0.2) is 0 Å². The highest BCUT2D eigenvalue weighted by molar-refractivity contribution is 5.08. The zero-order chi connectivity index (χ0) is 12.3. The third-order valence-corrected chi connectivity index (χ3v) is 2.54. The minimum atomic E-state index is 0.744. The molecule has 0 aliphatic heterocycles. The summed E-state index contributed by atoms with van der Waals surface area (Å²) >= 11 is 0. The van der Waals surface area contributed by atoms with Crippen LogP contribution >= 0.6 is 0 Å². The summed E-state index contributed by atoms with van der Waals surface area (Å²) in [5.74, 6) is 0.806. The third kappa shape index (κ3) is 3.10. The molecule has 17 heavy (non-hydrogen) atoms. The fourth-order valence-corrected chi connectivity index (χ4v) is 1.75. The van der Waals surface area contributed by atoms with Gasteiger partial charge < -0.3 is 5.32 Å². The summed E-state index contributed by atoms with van der Waals surface area (Å²) in [6, 6.07) is 4.01. The lowest BCUT2D eigenvalue weighted by Crippen LogP contribution is -2.16. The second-order valence-corrected chi connectivity index (χ2v) is 4.10. The molecule has 0 bridgehead atoms. The first-order valence-electron chi connectivity index (χ1n) is 5.64. The van der Waals surface area contributed by atoms with Gasteiger partial charge >= 0.3 is 0 Å². The van der Waals surface area contributed by atoms with E-state index in [1.807, 2.05) is 31.6 Å². The van der Waals surface area contributed by atoms with Gasteiger partial charge in [-0.1, -0.05) is 0 Å². The maximum atomic E-state index is 4.34. The zero-order valence-corrected chi connectivity index (χ0v) is 10.4. The highest BCUT2D eigenvalue weighted by Crippen LogP contribution is 2.01. The minimum absolute atomic E-state index is 0.744. The molecule has 5 nitrogen and oxygen atoms in total. The fourth-order valence-electron chi connectivity index (χ4n) is 1.75. The van der Waals surface area contributed by atoms with Gasteiger partial charge in [0, 0.05) is 26.3 Å². The quantitative estimate of drug-likeness (QED) is 0.856. The first-order chi connectivity index (χ1) is 8.15. The van der Waals surface area contributed by atoms with Crippen LogP contribution in [0.25, 0.3) is 0 Å². The average Bonchev–Trinajstić information content (AvgIpc) is 2.58. The molecule has 0 saturated carbocycles. The van der Waals surface area contributed by atoms with Crippen LogP contribution < -0.4 is 5.32 Å². The summed E-state index contributed by atoms with van der Waals surface area (Å²) in [6.45, 7) is 5.43. The Balaban J connectivity index is 1.89. The Labute approximate surface area is 101 Å². The average molecular weight is 231 g/mol. The van der Waals surface area contributed by atoms with Gasteiger partial charge in [-0.15, -0.1) is 0 Å². The molecule has 2 aromatic heterocycles. The number of aromatic nitrogens is 4. The Morgan fingerprint density at radius 3 is 2.76 bits per heavy atom. The maximum absolute atomic E-state index is 4.34. The first kappa shape index (κ1) is 11.7. The molecule has 0 atom stereocenters. The largest absolute Gasteiger partial charge is 0.306 e. The van der Waals surface area contributed by atoms with E-state index in [1.165, 1.54) is 5.69 Å². The van der Waals surface area contributed by atoms with Gasteiger partial charge in [-0.25, -0.2) is 9.97 Å². The van der Waals surface area contributed by atoms with Crippen molar-refractivity contribution in [3.8, 4) is 0 Å². The van der Waals surface area contributed by atoms with E-state index in [1.54, 1.807) is 6.20 Å². The Hall–Kier alpha value is -1.75. The first-order valence-corrected chi connectivity index (χ1v) is 5.64. The lowest BCUT2D eigenvalue weighted by atomic mass is 10.3. The van der Waals surface area contributed by atoms with Gasteiger partial charge in [-0.3, -0.25) is 4.68 Å². The number of rotatable bonds is 4. The van der Waals surface area contributed by atoms with E-state index in [2.05, 4.69) is 26.4 Å². The molecular formula is C12H17N5. The second-order valence-electron chi connectivity index (χ2n) is 4.10. The Morgan fingerprint density at radius 2 is 2.12 bits per heavy atom. The molecule has 2 rings (SSSR count). The van der Waals surface area contributed by atoms with Gasteiger partial charge in [-0.2, -0.15) is 5.10 Å². The van der Waals surface area contributed by atoms with Gasteiger partial charge in [0.25, 0.3) is 0 Å². The summed E-state index contributed by atoms with van der Waals surface area (Å²) in [5.41, 5.74) is 3.23. The predicted molar refractivity (Wildman–Crippen MR) is 65.3 cm³/mol. The van der Waals surface area contributed by atoms with Crippen molar-refractivity contribution < 1.29 is 0 Å². The highest BCUT2D eigenvalue weighted by Gasteiger charge is 2.01. The smallest absolute Gasteiger partial charge is 0.125 e. The normalized spacial score (nSPS) is 10.8. The third-order valence-electron chi connectivity index (χ3n) is 2.54. The SMILES string of the molecule is Cc1cc(CNCc2ccnc(C)n2)n(C)n1. The summed E-state index contributed by atoms with van der Waals surface area (Å²) in [5, 5.41) is 7.65. The van der Waals surface area contributed by atoms with Crippen LogP contribution in [0, 0.1) is 13.8 Å². The molecule has 0 saturated heterocycles. The van der Waals surface area contributed by atoms with Crippen molar-refractivity contribution in [1.82, 2.24) is 25.1 Å². The van der Waals surface area contributed by atoms with Crippen LogP contribution in [0.3, 0.4) is 0 Å². The molecule has 0 aliphatic carbocycles. The van der Waals surface area contributed by atoms with E-state index in [4.69, 9.17) is 0 Å². The summed E-state index contributed by atoms with van der Waals surface area (Å²) in [6.07, 6.45) is 1.79. The standard InChI is InChI=1S/C12H17N5/c1-9-6-12(17(3)16-9)8-13-7-11-4-5-14-10(2)15-11/h4-6,13H,7-8H2,1-3H3. The van der Waals surface area contributed by atoms with Crippen LogP contribution in [0.15, 0.2) is 18.3 Å². The summed E-state index contributed by atoms with van der Waals surface area (Å²) in [4.78, 5) is 8.41. The molecule has 0 unspecified atom stereocenters. The molecule has 2 heterocycles. The van der Waals surface area contributed by atoms with Gasteiger partial charge in [0.1, 0.15) is 5.82 Å². The molecule has 90 valence electrons. The molecule has 0 fully saturated rings. The van der Waals surface area contributed by atoms with E-state index in [0.717, 1.165) is 30.3 Å². The number of nitrogens with zero attached hydrogens (tertiary/aromatic N) is 4. The zero-order valence-electron chi connectivity index (χ0n) is 10.4. The van der Waals surface area contributed by atoms with Gasteiger partial charge in [0.2, 0.25) is 0 Å². The van der Waals surface area contributed by atoms with E-state index >= 15 is 0 Å². The molecule has 0 spiro atoms. The van der Waals surface area contributed by atoms with Crippen molar-refractivity contribution in [1.29, 1.82) is 0 Å². The van der Waals surface area contributed by atoms with Crippen LogP contribution in [0.5, 0.6) is 0 Å². The van der Waals surface area contributed by atoms with Crippen LogP contribution in [0.2, 0.25) is 0 Å². The topological polar surface area (TPSA) is 55.6 Å². The number of hydrogen-bond donors (Lipinski definition) is 1. The van der Waals surface area contributed by atoms with Crippen molar-refractivity contribution in [2.24, 2.45) is 7.05 Å². The number of hydrogen-bond acceptors (Lipinski definition) is 4. The highest BCUT2D eigenvalue weighted by atomic mass is 15.3. The molecule has 0 aromatic carbocycles. The van der Waals surface area contributed by atoms with Crippen molar-refractivity contribution in [3.63, 3.8) is 0 Å². The van der Waals surface area contributed by atoms with E-state index in [9.17, 15) is 0 Å². The van der Waals surface area contributed by atoms with Gasteiger partial charge in [-0.05, 0) is 26.0 Å². The van der Waals surface area contributed by atoms with E-state index in [0.29, 0.717) is 0 Å². The number of aryl methyl sites for hydroxylation is 3. The van der Waals surface area contributed by atoms with Crippen molar-refractivity contribution in [3.05, 3.63) is 41.2 Å². The van der Waals surface area contributed by atoms with Crippen LogP contribution in [-0.2, 0) is 20.1 Å². The van der Waals surface area contributed by atoms with Crippen LogP contribution in [0.1, 0.15) is 22.9 Å².